The van der Waals surface area contributed by atoms with E-state index in [4.69, 9.17) is 0 Å². The molecule has 1 aromatic rings. The largest absolute Gasteiger partial charge is 0.434 e. The van der Waals surface area contributed by atoms with Crippen LogP contribution in [0.2, 0.25) is 0 Å². The van der Waals surface area contributed by atoms with E-state index in [9.17, 15) is 18.4 Å². The number of ether oxygens (including phenoxy) is 1. The lowest BCUT2D eigenvalue weighted by Gasteiger charge is -2.25. The van der Waals surface area contributed by atoms with Crippen molar-refractivity contribution in [1.29, 1.82) is 0 Å². The minimum atomic E-state index is -2.93. The van der Waals surface area contributed by atoms with E-state index < -0.39 is 12.7 Å². The summed E-state index contributed by atoms with van der Waals surface area (Å²) >= 11 is 0. The predicted molar refractivity (Wildman–Crippen MR) is 83.8 cm³/mol. The van der Waals surface area contributed by atoms with Crippen molar-refractivity contribution in [3.05, 3.63) is 29.8 Å². The number of rotatable bonds is 5. The van der Waals surface area contributed by atoms with E-state index in [-0.39, 0.29) is 24.1 Å². The molecular weight excluding hydrogens is 320 g/mol. The van der Waals surface area contributed by atoms with Crippen LogP contribution in [0.4, 0.5) is 13.6 Å². The van der Waals surface area contributed by atoms with Gasteiger partial charge in [-0.2, -0.15) is 8.78 Å². The highest BCUT2D eigenvalue weighted by molar-refractivity contribution is 5.79. The SMILES string of the molecule is CC[C@@H](NC(=O)N1CCNC(=O)CC1)c1ccccc1OC(F)F. The molecule has 0 bridgehead atoms. The number of para-hydroxylation sites is 1. The van der Waals surface area contributed by atoms with Crippen LogP contribution < -0.4 is 15.4 Å². The third kappa shape index (κ3) is 4.81. The van der Waals surface area contributed by atoms with Gasteiger partial charge in [0.05, 0.1) is 6.04 Å². The summed E-state index contributed by atoms with van der Waals surface area (Å²) in [5.41, 5.74) is 0.498. The van der Waals surface area contributed by atoms with Crippen LogP contribution in [0.25, 0.3) is 0 Å². The maximum absolute atomic E-state index is 12.5. The second kappa shape index (κ2) is 8.47. The molecule has 1 saturated heterocycles. The molecule has 0 aromatic heterocycles. The standard InChI is InChI=1S/C16H21F2N3O3/c1-2-12(11-5-3-4-6-13(11)24-15(17)18)20-16(23)21-9-7-14(22)19-8-10-21/h3-6,12,15H,2,7-10H2,1H3,(H,19,22)(H,20,23)/t12-/m1/s1. The van der Waals surface area contributed by atoms with E-state index >= 15 is 0 Å². The molecule has 1 fully saturated rings. The van der Waals surface area contributed by atoms with Gasteiger partial charge in [0.15, 0.2) is 0 Å². The number of hydrogen-bond donors (Lipinski definition) is 2. The van der Waals surface area contributed by atoms with Crippen LogP contribution in [0.15, 0.2) is 24.3 Å². The Balaban J connectivity index is 2.09. The molecule has 132 valence electrons. The summed E-state index contributed by atoms with van der Waals surface area (Å²) in [7, 11) is 0. The average molecular weight is 341 g/mol. The van der Waals surface area contributed by atoms with Crippen LogP contribution in [-0.4, -0.2) is 43.1 Å². The van der Waals surface area contributed by atoms with Gasteiger partial charge >= 0.3 is 12.6 Å². The van der Waals surface area contributed by atoms with Crippen molar-refractivity contribution < 1.29 is 23.1 Å². The zero-order valence-electron chi connectivity index (χ0n) is 13.4. The molecule has 0 radical (unpaired) electrons. The molecule has 0 aliphatic carbocycles. The van der Waals surface area contributed by atoms with E-state index in [1.54, 1.807) is 18.2 Å². The van der Waals surface area contributed by atoms with Crippen molar-refractivity contribution in [1.82, 2.24) is 15.5 Å². The number of halogens is 2. The zero-order chi connectivity index (χ0) is 17.5. The third-order valence-electron chi connectivity index (χ3n) is 3.82. The van der Waals surface area contributed by atoms with Gasteiger partial charge in [-0.05, 0) is 12.5 Å². The molecule has 0 unspecified atom stereocenters. The molecule has 1 heterocycles. The summed E-state index contributed by atoms with van der Waals surface area (Å²) < 4.78 is 29.6. The van der Waals surface area contributed by atoms with E-state index in [2.05, 4.69) is 15.4 Å². The molecule has 1 aliphatic rings. The second-order valence-electron chi connectivity index (χ2n) is 5.41. The van der Waals surface area contributed by atoms with Gasteiger partial charge in [0, 0.05) is 31.6 Å². The highest BCUT2D eigenvalue weighted by Gasteiger charge is 2.23. The van der Waals surface area contributed by atoms with Crippen LogP contribution in [0.5, 0.6) is 5.75 Å². The smallest absolute Gasteiger partial charge is 0.387 e. The molecule has 24 heavy (non-hydrogen) atoms. The van der Waals surface area contributed by atoms with Gasteiger partial charge in [0.1, 0.15) is 5.75 Å². The number of nitrogens with one attached hydrogen (secondary N) is 2. The maximum Gasteiger partial charge on any atom is 0.387 e. The first-order chi connectivity index (χ1) is 11.5. The van der Waals surface area contributed by atoms with Crippen molar-refractivity contribution in [2.45, 2.75) is 32.4 Å². The Morgan fingerprint density at radius 2 is 2.12 bits per heavy atom. The van der Waals surface area contributed by atoms with E-state index in [1.165, 1.54) is 11.0 Å². The average Bonchev–Trinajstić information content (AvgIpc) is 2.77. The number of benzene rings is 1. The molecular formula is C16H21F2N3O3. The molecule has 1 aromatic carbocycles. The van der Waals surface area contributed by atoms with Crippen molar-refractivity contribution in [2.24, 2.45) is 0 Å². The predicted octanol–water partition coefficient (Wildman–Crippen LogP) is 2.27. The van der Waals surface area contributed by atoms with Crippen LogP contribution in [0.1, 0.15) is 31.4 Å². The normalized spacial score (nSPS) is 16.3. The number of alkyl halides is 2. The maximum atomic E-state index is 12.5. The summed E-state index contributed by atoms with van der Waals surface area (Å²) in [5.74, 6) is -0.0413. The third-order valence-corrected chi connectivity index (χ3v) is 3.82. The van der Waals surface area contributed by atoms with Crippen LogP contribution in [0, 0.1) is 0 Å². The summed E-state index contributed by atoms with van der Waals surface area (Å²) in [4.78, 5) is 25.3. The number of carbonyl (C=O) groups excluding carboxylic acids is 2. The van der Waals surface area contributed by atoms with Gasteiger partial charge in [0.25, 0.3) is 0 Å². The van der Waals surface area contributed by atoms with E-state index in [0.717, 1.165) is 0 Å². The van der Waals surface area contributed by atoms with Gasteiger partial charge in [-0.25, -0.2) is 4.79 Å². The van der Waals surface area contributed by atoms with Crippen molar-refractivity contribution in [3.63, 3.8) is 0 Å². The fourth-order valence-corrected chi connectivity index (χ4v) is 2.58. The highest BCUT2D eigenvalue weighted by Crippen LogP contribution is 2.28. The highest BCUT2D eigenvalue weighted by atomic mass is 19.3. The van der Waals surface area contributed by atoms with Crippen LogP contribution >= 0.6 is 0 Å². The Hall–Kier alpha value is -2.38. The monoisotopic (exact) mass is 341 g/mol. The van der Waals surface area contributed by atoms with Crippen molar-refractivity contribution in [2.75, 3.05) is 19.6 Å². The molecule has 0 saturated carbocycles. The topological polar surface area (TPSA) is 70.7 Å². The molecule has 6 nitrogen and oxygen atoms in total. The Morgan fingerprint density at radius 1 is 1.38 bits per heavy atom. The molecule has 2 N–H and O–H groups in total. The summed E-state index contributed by atoms with van der Waals surface area (Å²) in [6.45, 7) is 0.0418. The van der Waals surface area contributed by atoms with Crippen molar-refractivity contribution in [3.8, 4) is 5.75 Å². The first-order valence-electron chi connectivity index (χ1n) is 7.87. The minimum Gasteiger partial charge on any atom is -0.434 e. The van der Waals surface area contributed by atoms with Gasteiger partial charge in [0.2, 0.25) is 5.91 Å². The Bertz CT molecular complexity index is 583. The first-order valence-corrected chi connectivity index (χ1v) is 7.87. The first kappa shape index (κ1) is 18.0. The quantitative estimate of drug-likeness (QED) is 0.863. The molecule has 2 rings (SSSR count). The lowest BCUT2D eigenvalue weighted by atomic mass is 10.0. The molecule has 0 spiro atoms. The van der Waals surface area contributed by atoms with E-state index in [0.29, 0.717) is 31.6 Å². The van der Waals surface area contributed by atoms with Gasteiger partial charge in [-0.15, -0.1) is 0 Å². The van der Waals surface area contributed by atoms with Gasteiger partial charge in [-0.1, -0.05) is 25.1 Å². The van der Waals surface area contributed by atoms with Gasteiger partial charge < -0.3 is 20.3 Å². The lowest BCUT2D eigenvalue weighted by Crippen LogP contribution is -2.43. The number of carbonyl (C=O) groups is 2. The van der Waals surface area contributed by atoms with Gasteiger partial charge in [-0.3, -0.25) is 4.79 Å². The van der Waals surface area contributed by atoms with Crippen molar-refractivity contribution >= 4 is 11.9 Å². The number of nitrogens with zero attached hydrogens (tertiary/aromatic N) is 1. The summed E-state index contributed by atoms with van der Waals surface area (Å²) in [6, 6.07) is 5.62. The molecule has 8 heteroatoms. The molecule has 3 amide bonds. The molecule has 1 aliphatic heterocycles. The number of urea groups is 1. The minimum absolute atomic E-state index is 0.0485. The zero-order valence-corrected chi connectivity index (χ0v) is 13.4. The summed E-state index contributed by atoms with van der Waals surface area (Å²) in [6.07, 6.45) is 0.760. The van der Waals surface area contributed by atoms with Crippen LogP contribution in [-0.2, 0) is 4.79 Å². The summed E-state index contributed by atoms with van der Waals surface area (Å²) in [5, 5.41) is 5.53. The van der Waals surface area contributed by atoms with Crippen LogP contribution in [0.3, 0.4) is 0 Å². The Kier molecular flexibility index (Phi) is 6.34. The Labute approximate surface area is 139 Å². The molecule has 1 atom stereocenters. The van der Waals surface area contributed by atoms with E-state index in [1.807, 2.05) is 6.92 Å². The number of amides is 3. The Morgan fingerprint density at radius 3 is 2.83 bits per heavy atom. The fraction of sp³-hybridized carbons (Fsp3) is 0.500. The second-order valence-corrected chi connectivity index (χ2v) is 5.41. The fourth-order valence-electron chi connectivity index (χ4n) is 2.58. The lowest BCUT2D eigenvalue weighted by molar-refractivity contribution is -0.120. The number of hydrogen-bond acceptors (Lipinski definition) is 3.